The second kappa shape index (κ2) is 5.66. The van der Waals surface area contributed by atoms with E-state index in [0.29, 0.717) is 6.42 Å². The van der Waals surface area contributed by atoms with Crippen molar-refractivity contribution in [3.8, 4) is 0 Å². The van der Waals surface area contributed by atoms with Crippen molar-refractivity contribution in [2.45, 2.75) is 69.9 Å². The van der Waals surface area contributed by atoms with Crippen LogP contribution in [0, 0.1) is 6.92 Å². The van der Waals surface area contributed by atoms with Crippen LogP contribution < -0.4 is 10.6 Å². The van der Waals surface area contributed by atoms with Crippen LogP contribution in [0.4, 0.5) is 0 Å². The highest BCUT2D eigenvalue weighted by Crippen LogP contribution is 2.39. The maximum absolute atomic E-state index is 13.0. The fourth-order valence-electron chi connectivity index (χ4n) is 3.96. The molecule has 1 heterocycles. The van der Waals surface area contributed by atoms with Gasteiger partial charge in [-0.15, -0.1) is 0 Å². The molecule has 1 atom stereocenters. The van der Waals surface area contributed by atoms with Crippen molar-refractivity contribution in [3.63, 3.8) is 0 Å². The number of carbonyl (C=O) groups is 2. The minimum absolute atomic E-state index is 0.0409. The molecule has 0 bridgehead atoms. The van der Waals surface area contributed by atoms with Gasteiger partial charge in [-0.2, -0.15) is 0 Å². The van der Waals surface area contributed by atoms with Crippen LogP contribution in [0.5, 0.6) is 0 Å². The number of amides is 2. The summed E-state index contributed by atoms with van der Waals surface area (Å²) >= 11 is 0. The summed E-state index contributed by atoms with van der Waals surface area (Å²) in [5.41, 5.74) is 1.40. The smallest absolute Gasteiger partial charge is 0.230 e. The van der Waals surface area contributed by atoms with Crippen molar-refractivity contribution in [2.24, 2.45) is 0 Å². The van der Waals surface area contributed by atoms with E-state index < -0.39 is 5.41 Å². The van der Waals surface area contributed by atoms with E-state index in [0.717, 1.165) is 36.8 Å². The summed E-state index contributed by atoms with van der Waals surface area (Å²) in [4.78, 5) is 24.7. The lowest BCUT2D eigenvalue weighted by Crippen LogP contribution is -2.69. The van der Waals surface area contributed by atoms with Gasteiger partial charge in [-0.25, -0.2) is 0 Å². The van der Waals surface area contributed by atoms with Crippen LogP contribution in [0.15, 0.2) is 24.3 Å². The zero-order chi connectivity index (χ0) is 16.7. The fraction of sp³-hybridized carbons (Fsp3) is 0.579. The van der Waals surface area contributed by atoms with Crippen molar-refractivity contribution in [1.29, 1.82) is 0 Å². The van der Waals surface area contributed by atoms with E-state index in [9.17, 15) is 9.59 Å². The molecule has 2 N–H and O–H groups in total. The van der Waals surface area contributed by atoms with Gasteiger partial charge >= 0.3 is 0 Å². The number of hydrogen-bond acceptors (Lipinski definition) is 2. The highest BCUT2D eigenvalue weighted by molar-refractivity contribution is 5.88. The molecule has 4 nitrogen and oxygen atoms in total. The van der Waals surface area contributed by atoms with Crippen LogP contribution in [0.1, 0.15) is 57.1 Å². The van der Waals surface area contributed by atoms with Crippen LogP contribution in [0.25, 0.3) is 0 Å². The Hall–Kier alpha value is -1.84. The van der Waals surface area contributed by atoms with Gasteiger partial charge < -0.3 is 10.6 Å². The molecule has 2 fully saturated rings. The summed E-state index contributed by atoms with van der Waals surface area (Å²) in [5, 5.41) is 6.38. The Kier molecular flexibility index (Phi) is 3.95. The Morgan fingerprint density at radius 1 is 1.30 bits per heavy atom. The summed E-state index contributed by atoms with van der Waals surface area (Å²) in [6.45, 7) is 5.98. The summed E-state index contributed by atoms with van der Waals surface area (Å²) < 4.78 is 0. The minimum Gasteiger partial charge on any atom is -0.350 e. The number of carbonyl (C=O) groups excluding carboxylic acids is 2. The summed E-state index contributed by atoms with van der Waals surface area (Å²) in [5.74, 6) is 0.160. The molecule has 1 aliphatic heterocycles. The molecule has 1 spiro atoms. The van der Waals surface area contributed by atoms with Gasteiger partial charge in [0.2, 0.25) is 11.8 Å². The monoisotopic (exact) mass is 314 g/mol. The zero-order valence-electron chi connectivity index (χ0n) is 14.2. The molecule has 1 saturated carbocycles. The Morgan fingerprint density at radius 2 is 2.00 bits per heavy atom. The van der Waals surface area contributed by atoms with Gasteiger partial charge in [-0.1, -0.05) is 24.3 Å². The SMILES string of the molecule is Cc1ccccc1C(C)(C)C(=O)NC1CCC(=O)NC12CCC2. The Labute approximate surface area is 138 Å². The summed E-state index contributed by atoms with van der Waals surface area (Å²) in [7, 11) is 0. The van der Waals surface area contributed by atoms with Crippen LogP contribution >= 0.6 is 0 Å². The van der Waals surface area contributed by atoms with Gasteiger partial charge in [0.1, 0.15) is 0 Å². The van der Waals surface area contributed by atoms with E-state index >= 15 is 0 Å². The Morgan fingerprint density at radius 3 is 2.61 bits per heavy atom. The summed E-state index contributed by atoms with van der Waals surface area (Å²) in [6, 6.07) is 8.08. The first-order chi connectivity index (χ1) is 10.8. The molecule has 23 heavy (non-hydrogen) atoms. The van der Waals surface area contributed by atoms with Gasteiger partial charge in [-0.05, 0) is 57.6 Å². The topological polar surface area (TPSA) is 58.2 Å². The van der Waals surface area contributed by atoms with Gasteiger partial charge in [0.25, 0.3) is 0 Å². The number of rotatable bonds is 3. The molecule has 1 aliphatic carbocycles. The molecule has 3 rings (SSSR count). The lowest BCUT2D eigenvalue weighted by molar-refractivity contribution is -0.133. The van der Waals surface area contributed by atoms with Crippen molar-refractivity contribution >= 4 is 11.8 Å². The molecular weight excluding hydrogens is 288 g/mol. The maximum Gasteiger partial charge on any atom is 0.230 e. The second-order valence-electron chi connectivity index (χ2n) is 7.56. The standard InChI is InChI=1S/C19H26N2O2/c1-13-7-4-5-8-14(13)18(2,3)17(23)20-15-9-10-16(22)21-19(15)11-6-12-19/h4-5,7-8,15H,6,9-12H2,1-3H3,(H,20,23)(H,21,22). The van der Waals surface area contributed by atoms with Crippen LogP contribution in [0.3, 0.4) is 0 Å². The fourth-order valence-corrected chi connectivity index (χ4v) is 3.96. The number of piperidine rings is 1. The third-order valence-electron chi connectivity index (χ3n) is 5.65. The van der Waals surface area contributed by atoms with Gasteiger partial charge in [0, 0.05) is 6.42 Å². The Balaban J connectivity index is 1.78. The van der Waals surface area contributed by atoms with E-state index in [1.807, 2.05) is 45.0 Å². The molecule has 0 aromatic heterocycles. The van der Waals surface area contributed by atoms with E-state index in [-0.39, 0.29) is 23.4 Å². The highest BCUT2D eigenvalue weighted by atomic mass is 16.2. The molecule has 4 heteroatoms. The zero-order valence-corrected chi connectivity index (χ0v) is 14.2. The quantitative estimate of drug-likeness (QED) is 0.901. The average molecular weight is 314 g/mol. The summed E-state index contributed by atoms with van der Waals surface area (Å²) in [6.07, 6.45) is 4.29. The third kappa shape index (κ3) is 2.75. The van der Waals surface area contributed by atoms with Crippen LogP contribution in [-0.4, -0.2) is 23.4 Å². The van der Waals surface area contributed by atoms with Gasteiger partial charge in [-0.3, -0.25) is 9.59 Å². The molecule has 0 radical (unpaired) electrons. The highest BCUT2D eigenvalue weighted by Gasteiger charge is 2.49. The van der Waals surface area contributed by atoms with E-state index in [1.54, 1.807) is 0 Å². The van der Waals surface area contributed by atoms with Crippen LogP contribution in [0.2, 0.25) is 0 Å². The minimum atomic E-state index is -0.586. The molecule has 124 valence electrons. The molecule has 2 amide bonds. The maximum atomic E-state index is 13.0. The van der Waals surface area contributed by atoms with E-state index in [1.165, 1.54) is 0 Å². The number of benzene rings is 1. The molecular formula is C19H26N2O2. The Bertz CT molecular complexity index is 632. The lowest BCUT2D eigenvalue weighted by Gasteiger charge is -2.51. The normalized spacial score (nSPS) is 23.1. The van der Waals surface area contributed by atoms with E-state index in [4.69, 9.17) is 0 Å². The first kappa shape index (κ1) is 16.0. The molecule has 1 aromatic carbocycles. The molecule has 1 unspecified atom stereocenters. The van der Waals surface area contributed by atoms with Crippen LogP contribution in [-0.2, 0) is 15.0 Å². The number of hydrogen-bond donors (Lipinski definition) is 2. The van der Waals surface area contributed by atoms with Gasteiger partial charge in [0.15, 0.2) is 0 Å². The predicted octanol–water partition coefficient (Wildman–Crippen LogP) is 2.59. The van der Waals surface area contributed by atoms with Crippen molar-refractivity contribution < 1.29 is 9.59 Å². The van der Waals surface area contributed by atoms with Crippen molar-refractivity contribution in [2.75, 3.05) is 0 Å². The second-order valence-corrected chi connectivity index (χ2v) is 7.56. The van der Waals surface area contributed by atoms with Crippen molar-refractivity contribution in [1.82, 2.24) is 10.6 Å². The molecule has 1 saturated heterocycles. The molecule has 1 aromatic rings. The largest absolute Gasteiger partial charge is 0.350 e. The third-order valence-corrected chi connectivity index (χ3v) is 5.65. The number of nitrogens with one attached hydrogen (secondary N) is 2. The van der Waals surface area contributed by atoms with Gasteiger partial charge in [0.05, 0.1) is 17.0 Å². The predicted molar refractivity (Wildman–Crippen MR) is 90.1 cm³/mol. The molecule has 2 aliphatic rings. The van der Waals surface area contributed by atoms with Crippen molar-refractivity contribution in [3.05, 3.63) is 35.4 Å². The van der Waals surface area contributed by atoms with E-state index in [2.05, 4.69) is 10.6 Å². The number of aryl methyl sites for hydroxylation is 1. The lowest BCUT2D eigenvalue weighted by atomic mass is 9.68. The first-order valence-corrected chi connectivity index (χ1v) is 8.53. The average Bonchev–Trinajstić information content (AvgIpc) is 2.47. The first-order valence-electron chi connectivity index (χ1n) is 8.53.